The van der Waals surface area contributed by atoms with Crippen LogP contribution in [0.5, 0.6) is 0 Å². The number of ketones is 1. The Morgan fingerprint density at radius 1 is 1.35 bits per heavy atom. The van der Waals surface area contributed by atoms with E-state index >= 15 is 0 Å². The van der Waals surface area contributed by atoms with Crippen molar-refractivity contribution in [3.05, 3.63) is 29.3 Å². The highest BCUT2D eigenvalue weighted by Gasteiger charge is 2.16. The Bertz CT molecular complexity index is 452. The van der Waals surface area contributed by atoms with Crippen LogP contribution in [0.25, 0.3) is 0 Å². The Balaban J connectivity index is 2.16. The molecule has 0 unspecified atom stereocenters. The van der Waals surface area contributed by atoms with E-state index in [0.29, 0.717) is 12.8 Å². The van der Waals surface area contributed by atoms with E-state index < -0.39 is 0 Å². The minimum Gasteiger partial charge on any atom is -0.326 e. The maximum absolute atomic E-state index is 11.9. The smallest absolute Gasteiger partial charge is 0.224 e. The van der Waals surface area contributed by atoms with E-state index in [9.17, 15) is 9.59 Å². The number of hydrogen-bond donors (Lipinski definition) is 1. The van der Waals surface area contributed by atoms with E-state index in [2.05, 4.69) is 12.2 Å². The molecule has 0 aromatic heterocycles. The van der Waals surface area contributed by atoms with Gasteiger partial charge in [-0.3, -0.25) is 9.59 Å². The molecule has 90 valence electrons. The number of nitrogens with one attached hydrogen (secondary N) is 1. The van der Waals surface area contributed by atoms with E-state index in [0.717, 1.165) is 36.1 Å². The number of benzene rings is 1. The van der Waals surface area contributed by atoms with Gasteiger partial charge in [-0.25, -0.2) is 0 Å². The van der Waals surface area contributed by atoms with Gasteiger partial charge >= 0.3 is 0 Å². The van der Waals surface area contributed by atoms with Gasteiger partial charge in [0.15, 0.2) is 5.78 Å². The molecule has 1 heterocycles. The van der Waals surface area contributed by atoms with Gasteiger partial charge in [-0.15, -0.1) is 0 Å². The molecule has 0 bridgehead atoms. The molecule has 1 amide bonds. The highest BCUT2D eigenvalue weighted by atomic mass is 16.1. The molecule has 1 aromatic rings. The Hall–Kier alpha value is -1.64. The SMILES string of the molecule is CCCCC(=O)c1ccc2c(c1)CCC(=O)N2. The lowest BCUT2D eigenvalue weighted by molar-refractivity contribution is -0.116. The lowest BCUT2D eigenvalue weighted by Gasteiger charge is -2.17. The fourth-order valence-corrected chi connectivity index (χ4v) is 2.04. The van der Waals surface area contributed by atoms with Crippen LogP contribution in [-0.2, 0) is 11.2 Å². The summed E-state index contributed by atoms with van der Waals surface area (Å²) in [6.07, 6.45) is 3.83. The topological polar surface area (TPSA) is 46.2 Å². The number of rotatable bonds is 4. The van der Waals surface area contributed by atoms with E-state index in [1.165, 1.54) is 0 Å². The fraction of sp³-hybridized carbons (Fsp3) is 0.429. The summed E-state index contributed by atoms with van der Waals surface area (Å²) in [4.78, 5) is 23.1. The normalized spacial score (nSPS) is 14.1. The monoisotopic (exact) mass is 231 g/mol. The van der Waals surface area contributed by atoms with Crippen LogP contribution in [0, 0.1) is 0 Å². The molecule has 3 nitrogen and oxygen atoms in total. The summed E-state index contributed by atoms with van der Waals surface area (Å²) in [7, 11) is 0. The zero-order valence-electron chi connectivity index (χ0n) is 10.1. The van der Waals surface area contributed by atoms with E-state index in [1.54, 1.807) is 0 Å². The first-order valence-corrected chi connectivity index (χ1v) is 6.16. The lowest BCUT2D eigenvalue weighted by atomic mass is 9.97. The maximum Gasteiger partial charge on any atom is 0.224 e. The summed E-state index contributed by atoms with van der Waals surface area (Å²) >= 11 is 0. The third-order valence-corrected chi connectivity index (χ3v) is 3.08. The number of Topliss-reactive ketones (excluding diaryl/α,β-unsaturated/α-hetero) is 1. The number of hydrogen-bond acceptors (Lipinski definition) is 2. The van der Waals surface area contributed by atoms with Crippen molar-refractivity contribution in [3.63, 3.8) is 0 Å². The van der Waals surface area contributed by atoms with E-state index in [1.807, 2.05) is 18.2 Å². The highest BCUT2D eigenvalue weighted by molar-refractivity contribution is 5.98. The lowest BCUT2D eigenvalue weighted by Crippen LogP contribution is -2.19. The molecule has 3 heteroatoms. The quantitative estimate of drug-likeness (QED) is 0.810. The molecule has 17 heavy (non-hydrogen) atoms. The minimum absolute atomic E-state index is 0.0579. The Labute approximate surface area is 101 Å². The van der Waals surface area contributed by atoms with Gasteiger partial charge in [-0.1, -0.05) is 13.3 Å². The molecular formula is C14H17NO2. The maximum atomic E-state index is 11.9. The number of anilines is 1. The van der Waals surface area contributed by atoms with Crippen LogP contribution in [0.2, 0.25) is 0 Å². The van der Waals surface area contributed by atoms with Gasteiger partial charge in [0.25, 0.3) is 0 Å². The first-order valence-electron chi connectivity index (χ1n) is 6.16. The van der Waals surface area contributed by atoms with Crippen molar-refractivity contribution in [1.82, 2.24) is 0 Å². The second-order valence-corrected chi connectivity index (χ2v) is 4.45. The molecule has 0 aliphatic carbocycles. The summed E-state index contributed by atoms with van der Waals surface area (Å²) in [5, 5.41) is 2.82. The van der Waals surface area contributed by atoms with E-state index in [4.69, 9.17) is 0 Å². The summed E-state index contributed by atoms with van der Waals surface area (Å²) in [6.45, 7) is 2.08. The molecule has 0 saturated heterocycles. The van der Waals surface area contributed by atoms with Crippen molar-refractivity contribution in [2.45, 2.75) is 39.0 Å². The van der Waals surface area contributed by atoms with Crippen LogP contribution in [-0.4, -0.2) is 11.7 Å². The van der Waals surface area contributed by atoms with Crippen LogP contribution in [0.1, 0.15) is 48.5 Å². The van der Waals surface area contributed by atoms with Crippen molar-refractivity contribution in [3.8, 4) is 0 Å². The second-order valence-electron chi connectivity index (χ2n) is 4.45. The second kappa shape index (κ2) is 5.13. The third-order valence-electron chi connectivity index (χ3n) is 3.08. The number of carbonyl (C=O) groups excluding carboxylic acids is 2. The average Bonchev–Trinajstić information content (AvgIpc) is 2.35. The molecule has 2 rings (SSSR count). The summed E-state index contributed by atoms with van der Waals surface area (Å²) in [5.74, 6) is 0.258. The first-order chi connectivity index (χ1) is 8.20. The number of aryl methyl sites for hydroxylation is 1. The minimum atomic E-state index is 0.0579. The van der Waals surface area contributed by atoms with Gasteiger partial charge in [0.05, 0.1) is 0 Å². The number of fused-ring (bicyclic) bond motifs is 1. The summed E-state index contributed by atoms with van der Waals surface area (Å²) in [5.41, 5.74) is 2.70. The fourth-order valence-electron chi connectivity index (χ4n) is 2.04. The molecule has 1 N–H and O–H groups in total. The van der Waals surface area contributed by atoms with Crippen LogP contribution in [0.15, 0.2) is 18.2 Å². The standard InChI is InChI=1S/C14H17NO2/c1-2-3-4-13(16)11-5-7-12-10(9-11)6-8-14(17)15-12/h5,7,9H,2-4,6,8H2,1H3,(H,15,17). The van der Waals surface area contributed by atoms with Gasteiger partial charge in [-0.2, -0.15) is 0 Å². The molecule has 0 spiro atoms. The summed E-state index contributed by atoms with van der Waals surface area (Å²) < 4.78 is 0. The molecule has 0 radical (unpaired) electrons. The molecule has 1 aromatic carbocycles. The Kier molecular flexibility index (Phi) is 3.57. The zero-order chi connectivity index (χ0) is 12.3. The van der Waals surface area contributed by atoms with Crippen molar-refractivity contribution < 1.29 is 9.59 Å². The van der Waals surface area contributed by atoms with Crippen LogP contribution in [0.3, 0.4) is 0 Å². The zero-order valence-corrected chi connectivity index (χ0v) is 10.1. The van der Waals surface area contributed by atoms with Gasteiger partial charge in [0.1, 0.15) is 0 Å². The molecular weight excluding hydrogens is 214 g/mol. The predicted molar refractivity (Wildman–Crippen MR) is 67.2 cm³/mol. The van der Waals surface area contributed by atoms with Crippen molar-refractivity contribution in [1.29, 1.82) is 0 Å². The van der Waals surface area contributed by atoms with Crippen LogP contribution in [0.4, 0.5) is 5.69 Å². The van der Waals surface area contributed by atoms with Gasteiger partial charge in [0, 0.05) is 24.1 Å². The Morgan fingerprint density at radius 3 is 2.94 bits per heavy atom. The highest BCUT2D eigenvalue weighted by Crippen LogP contribution is 2.24. The number of unbranched alkanes of at least 4 members (excludes halogenated alkanes) is 1. The van der Waals surface area contributed by atoms with Gasteiger partial charge < -0.3 is 5.32 Å². The summed E-state index contributed by atoms with van der Waals surface area (Å²) in [6, 6.07) is 5.57. The number of amides is 1. The molecule has 1 aliphatic rings. The van der Waals surface area contributed by atoms with Crippen molar-refractivity contribution in [2.24, 2.45) is 0 Å². The molecule has 0 atom stereocenters. The predicted octanol–water partition coefficient (Wildman–Crippen LogP) is 2.94. The van der Waals surface area contributed by atoms with Crippen LogP contribution < -0.4 is 5.32 Å². The Morgan fingerprint density at radius 2 is 2.18 bits per heavy atom. The average molecular weight is 231 g/mol. The molecule has 0 fully saturated rings. The van der Waals surface area contributed by atoms with Gasteiger partial charge in [0.2, 0.25) is 5.91 Å². The third kappa shape index (κ3) is 2.73. The van der Waals surface area contributed by atoms with Crippen molar-refractivity contribution in [2.75, 3.05) is 5.32 Å². The molecule has 1 aliphatic heterocycles. The largest absolute Gasteiger partial charge is 0.326 e. The van der Waals surface area contributed by atoms with Gasteiger partial charge in [-0.05, 0) is 36.6 Å². The van der Waals surface area contributed by atoms with Crippen molar-refractivity contribution >= 4 is 17.4 Å². The first kappa shape index (κ1) is 11.8. The van der Waals surface area contributed by atoms with E-state index in [-0.39, 0.29) is 11.7 Å². The van der Waals surface area contributed by atoms with Crippen LogP contribution >= 0.6 is 0 Å². The molecule has 0 saturated carbocycles. The number of carbonyl (C=O) groups is 2.